The number of piperazine rings is 1. The number of aromatic nitrogens is 1. The van der Waals surface area contributed by atoms with Gasteiger partial charge >= 0.3 is 0 Å². The van der Waals surface area contributed by atoms with Crippen molar-refractivity contribution in [2.75, 3.05) is 13.1 Å². The Hall–Kier alpha value is -1.62. The summed E-state index contributed by atoms with van der Waals surface area (Å²) in [5.41, 5.74) is 0.378. The van der Waals surface area contributed by atoms with Crippen molar-refractivity contribution >= 4 is 23.4 Å². The van der Waals surface area contributed by atoms with Gasteiger partial charge in [-0.25, -0.2) is 0 Å². The molecule has 0 spiro atoms. The summed E-state index contributed by atoms with van der Waals surface area (Å²) < 4.78 is 0. The molecule has 1 atom stereocenters. The molecule has 1 N–H and O–H groups in total. The lowest BCUT2D eigenvalue weighted by molar-refractivity contribution is -0.127. The van der Waals surface area contributed by atoms with Gasteiger partial charge in [-0.2, -0.15) is 0 Å². The van der Waals surface area contributed by atoms with Crippen LogP contribution in [0, 0.1) is 0 Å². The minimum absolute atomic E-state index is 0.144. The highest BCUT2D eigenvalue weighted by molar-refractivity contribution is 6.33. The highest BCUT2D eigenvalue weighted by Gasteiger charge is 2.30. The number of hydrogen-bond donors (Lipinski definition) is 1. The minimum atomic E-state index is -0.472. The van der Waals surface area contributed by atoms with Gasteiger partial charge in [-0.15, -0.1) is 0 Å². The van der Waals surface area contributed by atoms with Crippen LogP contribution in [0.5, 0.6) is 0 Å². The first-order chi connectivity index (χ1) is 8.11. The van der Waals surface area contributed by atoms with Crippen LogP contribution >= 0.6 is 11.6 Å². The number of amides is 2. The molecule has 90 valence electrons. The molecule has 5 nitrogen and oxygen atoms in total. The molecule has 1 aromatic rings. The lowest BCUT2D eigenvalue weighted by Gasteiger charge is -2.32. The third-order valence-electron chi connectivity index (χ3n) is 2.76. The van der Waals surface area contributed by atoms with Crippen molar-refractivity contribution in [2.24, 2.45) is 0 Å². The number of pyridine rings is 1. The molecule has 1 fully saturated rings. The number of nitrogens with zero attached hydrogens (tertiary/aromatic N) is 2. The molecule has 1 aromatic heterocycles. The van der Waals surface area contributed by atoms with Crippen LogP contribution in [0.4, 0.5) is 0 Å². The van der Waals surface area contributed by atoms with Gasteiger partial charge in [0.25, 0.3) is 5.91 Å². The monoisotopic (exact) mass is 253 g/mol. The maximum Gasteiger partial charge on any atom is 0.256 e. The fourth-order valence-corrected chi connectivity index (χ4v) is 1.96. The van der Waals surface area contributed by atoms with E-state index >= 15 is 0 Å². The molecule has 1 saturated heterocycles. The third kappa shape index (κ3) is 2.24. The van der Waals surface area contributed by atoms with Crippen LogP contribution in [-0.4, -0.2) is 40.8 Å². The number of rotatable bonds is 1. The van der Waals surface area contributed by atoms with Gasteiger partial charge in [0.1, 0.15) is 6.04 Å². The SMILES string of the molecule is CC1C(=O)NCCN1C(=O)c1ccncc1Cl. The van der Waals surface area contributed by atoms with Gasteiger partial charge in [0, 0.05) is 25.5 Å². The van der Waals surface area contributed by atoms with Gasteiger partial charge in [-0.05, 0) is 13.0 Å². The molecule has 2 amide bonds. The second-order valence-electron chi connectivity index (χ2n) is 3.82. The minimum Gasteiger partial charge on any atom is -0.353 e. The molecule has 1 aliphatic rings. The molecule has 17 heavy (non-hydrogen) atoms. The molecule has 2 rings (SSSR count). The van der Waals surface area contributed by atoms with Gasteiger partial charge in [0.15, 0.2) is 0 Å². The Morgan fingerprint density at radius 1 is 1.65 bits per heavy atom. The van der Waals surface area contributed by atoms with Gasteiger partial charge in [0.05, 0.1) is 10.6 Å². The van der Waals surface area contributed by atoms with E-state index < -0.39 is 6.04 Å². The molecule has 0 aromatic carbocycles. The summed E-state index contributed by atoms with van der Waals surface area (Å²) >= 11 is 5.91. The van der Waals surface area contributed by atoms with E-state index in [4.69, 9.17) is 11.6 Å². The van der Waals surface area contributed by atoms with Crippen molar-refractivity contribution < 1.29 is 9.59 Å². The van der Waals surface area contributed by atoms with E-state index in [9.17, 15) is 9.59 Å². The molecule has 1 unspecified atom stereocenters. The molecule has 2 heterocycles. The van der Waals surface area contributed by atoms with Crippen LogP contribution in [-0.2, 0) is 4.79 Å². The molecule has 0 saturated carbocycles. The summed E-state index contributed by atoms with van der Waals surface area (Å²) in [4.78, 5) is 29.0. The average Bonchev–Trinajstić information content (AvgIpc) is 2.32. The van der Waals surface area contributed by atoms with E-state index in [2.05, 4.69) is 10.3 Å². The first-order valence-electron chi connectivity index (χ1n) is 5.29. The van der Waals surface area contributed by atoms with E-state index in [0.717, 1.165) is 0 Å². The summed E-state index contributed by atoms with van der Waals surface area (Å²) in [7, 11) is 0. The Labute approximate surface area is 104 Å². The Balaban J connectivity index is 2.26. The molecule has 6 heteroatoms. The highest BCUT2D eigenvalue weighted by Crippen LogP contribution is 2.18. The predicted octanol–water partition coefficient (Wildman–Crippen LogP) is 0.695. The van der Waals surface area contributed by atoms with Crippen molar-refractivity contribution in [2.45, 2.75) is 13.0 Å². The highest BCUT2D eigenvalue weighted by atomic mass is 35.5. The van der Waals surface area contributed by atoms with Crippen LogP contribution < -0.4 is 5.32 Å². The number of carbonyl (C=O) groups excluding carboxylic acids is 2. The molecule has 1 aliphatic heterocycles. The topological polar surface area (TPSA) is 62.3 Å². The standard InChI is InChI=1S/C11H12ClN3O2/c1-7-10(16)14-4-5-15(7)11(17)8-2-3-13-6-9(8)12/h2-3,6-7H,4-5H2,1H3,(H,14,16). The van der Waals surface area contributed by atoms with Crippen LogP contribution in [0.25, 0.3) is 0 Å². The van der Waals surface area contributed by atoms with E-state index in [1.54, 1.807) is 13.0 Å². The predicted molar refractivity (Wildman–Crippen MR) is 62.8 cm³/mol. The number of hydrogen-bond acceptors (Lipinski definition) is 3. The number of halogens is 1. The Morgan fingerprint density at radius 3 is 3.12 bits per heavy atom. The molecular weight excluding hydrogens is 242 g/mol. The van der Waals surface area contributed by atoms with Crippen LogP contribution in [0.15, 0.2) is 18.5 Å². The van der Waals surface area contributed by atoms with Crippen molar-refractivity contribution in [1.82, 2.24) is 15.2 Å². The Bertz CT molecular complexity index is 464. The summed E-state index contributed by atoms with van der Waals surface area (Å²) in [6, 6.07) is 1.09. The van der Waals surface area contributed by atoms with Gasteiger partial charge in [0.2, 0.25) is 5.91 Å². The first kappa shape index (κ1) is 11.9. The van der Waals surface area contributed by atoms with Crippen molar-refractivity contribution in [3.8, 4) is 0 Å². The zero-order chi connectivity index (χ0) is 12.4. The van der Waals surface area contributed by atoms with E-state index in [-0.39, 0.29) is 11.8 Å². The second-order valence-corrected chi connectivity index (χ2v) is 4.23. The maximum absolute atomic E-state index is 12.2. The smallest absolute Gasteiger partial charge is 0.256 e. The van der Waals surface area contributed by atoms with Gasteiger partial charge in [-0.3, -0.25) is 14.6 Å². The summed E-state index contributed by atoms with van der Waals surface area (Å²) in [6.45, 7) is 2.66. The van der Waals surface area contributed by atoms with Crippen molar-refractivity contribution in [3.63, 3.8) is 0 Å². The fraction of sp³-hybridized carbons (Fsp3) is 0.364. The van der Waals surface area contributed by atoms with E-state index in [0.29, 0.717) is 23.7 Å². The number of carbonyl (C=O) groups is 2. The summed E-state index contributed by atoms with van der Waals surface area (Å²) in [5, 5.41) is 3.01. The van der Waals surface area contributed by atoms with Crippen LogP contribution in [0.3, 0.4) is 0 Å². The Kier molecular flexibility index (Phi) is 3.28. The largest absolute Gasteiger partial charge is 0.353 e. The molecule has 0 bridgehead atoms. The second kappa shape index (κ2) is 4.71. The van der Waals surface area contributed by atoms with Crippen LogP contribution in [0.2, 0.25) is 5.02 Å². The lowest BCUT2D eigenvalue weighted by Crippen LogP contribution is -2.55. The fourth-order valence-electron chi connectivity index (χ4n) is 1.76. The zero-order valence-corrected chi connectivity index (χ0v) is 10.1. The molecule has 0 aliphatic carbocycles. The Morgan fingerprint density at radius 2 is 2.41 bits per heavy atom. The first-order valence-corrected chi connectivity index (χ1v) is 5.67. The quantitative estimate of drug-likeness (QED) is 0.801. The van der Waals surface area contributed by atoms with Crippen molar-refractivity contribution in [3.05, 3.63) is 29.0 Å². The summed E-state index contributed by atoms with van der Waals surface area (Å²) in [5.74, 6) is -0.380. The average molecular weight is 254 g/mol. The molecular formula is C11H12ClN3O2. The van der Waals surface area contributed by atoms with Gasteiger partial charge < -0.3 is 10.2 Å². The van der Waals surface area contributed by atoms with Gasteiger partial charge in [-0.1, -0.05) is 11.6 Å². The van der Waals surface area contributed by atoms with Crippen LogP contribution in [0.1, 0.15) is 17.3 Å². The lowest BCUT2D eigenvalue weighted by atomic mass is 10.1. The normalized spacial score (nSPS) is 20.0. The maximum atomic E-state index is 12.2. The van der Waals surface area contributed by atoms with E-state index in [1.165, 1.54) is 17.3 Å². The third-order valence-corrected chi connectivity index (χ3v) is 3.06. The molecule has 0 radical (unpaired) electrons. The van der Waals surface area contributed by atoms with Crippen molar-refractivity contribution in [1.29, 1.82) is 0 Å². The summed E-state index contributed by atoms with van der Waals surface area (Å²) in [6.07, 6.45) is 2.93. The van der Waals surface area contributed by atoms with E-state index in [1.807, 2.05) is 0 Å². The number of nitrogens with one attached hydrogen (secondary N) is 1. The zero-order valence-electron chi connectivity index (χ0n) is 9.31.